The summed E-state index contributed by atoms with van der Waals surface area (Å²) < 4.78 is 0. The summed E-state index contributed by atoms with van der Waals surface area (Å²) in [5.41, 5.74) is 4.18. The van der Waals surface area contributed by atoms with Crippen molar-refractivity contribution in [3.05, 3.63) is 101 Å². The lowest BCUT2D eigenvalue weighted by molar-refractivity contribution is -0.120. The molecule has 2 atom stereocenters. The highest BCUT2D eigenvalue weighted by atomic mass is 16.3. The number of nitrogens with one attached hydrogen (secondary N) is 2. The molecule has 0 aliphatic rings. The Kier molecular flexibility index (Phi) is 9.01. The smallest absolute Gasteiger partial charge is 0.224 e. The summed E-state index contributed by atoms with van der Waals surface area (Å²) in [6.07, 6.45) is 0.330. The van der Waals surface area contributed by atoms with Crippen molar-refractivity contribution in [1.82, 2.24) is 10.6 Å². The van der Waals surface area contributed by atoms with Gasteiger partial charge in [-0.05, 0) is 47.7 Å². The Labute approximate surface area is 194 Å². The molecule has 0 spiro atoms. The highest BCUT2D eigenvalue weighted by Crippen LogP contribution is 2.22. The number of phenols is 1. The van der Waals surface area contributed by atoms with E-state index in [2.05, 4.69) is 10.6 Å². The Bertz CT molecular complexity index is 1040. The maximum atomic E-state index is 12.3. The second-order valence-electron chi connectivity index (χ2n) is 8.33. The zero-order valence-electron chi connectivity index (χ0n) is 18.9. The van der Waals surface area contributed by atoms with E-state index >= 15 is 0 Å². The maximum absolute atomic E-state index is 12.3. The normalized spacial score (nSPS) is 12.8. The maximum Gasteiger partial charge on any atom is 0.224 e. The summed E-state index contributed by atoms with van der Waals surface area (Å²) in [6.45, 7) is 2.63. The fourth-order valence-electron chi connectivity index (χ4n) is 3.71. The van der Waals surface area contributed by atoms with Crippen LogP contribution in [0.4, 0.5) is 0 Å². The number of aliphatic hydroxyl groups is 2. The molecule has 1 amide bonds. The Hall–Kier alpha value is -3.19. The van der Waals surface area contributed by atoms with Crippen LogP contribution in [0.5, 0.6) is 5.75 Å². The predicted octanol–water partition coefficient (Wildman–Crippen LogP) is 3.00. The standard InChI is InChI=1S/C27H32N2O4/c1-19(28-17-26(32)23-10-11-25(31)24(15-23)18-30)12-21-8-5-9-22(13-21)14-27(33)29-16-20-6-3-2-4-7-20/h2-11,13,15,19,26,28,30-32H,12,14,16-18H2,1H3,(H,29,33)/t19?,26-/m0/s1. The van der Waals surface area contributed by atoms with Crippen LogP contribution in [0.15, 0.2) is 72.8 Å². The number of hydrogen-bond donors (Lipinski definition) is 5. The number of aliphatic hydroxyl groups excluding tert-OH is 2. The molecule has 0 aliphatic carbocycles. The van der Waals surface area contributed by atoms with Crippen molar-refractivity contribution < 1.29 is 20.1 Å². The number of rotatable bonds is 11. The molecule has 0 saturated heterocycles. The first-order valence-electron chi connectivity index (χ1n) is 11.2. The van der Waals surface area contributed by atoms with Crippen LogP contribution in [0.2, 0.25) is 0 Å². The average Bonchev–Trinajstić information content (AvgIpc) is 2.82. The van der Waals surface area contributed by atoms with E-state index in [1.54, 1.807) is 12.1 Å². The Morgan fingerprint density at radius 3 is 2.42 bits per heavy atom. The lowest BCUT2D eigenvalue weighted by atomic mass is 10.0. The average molecular weight is 449 g/mol. The number of carbonyl (C=O) groups excluding carboxylic acids is 1. The Morgan fingerprint density at radius 2 is 1.67 bits per heavy atom. The highest BCUT2D eigenvalue weighted by Gasteiger charge is 2.13. The minimum absolute atomic E-state index is 0.0126. The summed E-state index contributed by atoms with van der Waals surface area (Å²) in [5.74, 6) is 0.00449. The molecule has 0 aliphatic heterocycles. The van der Waals surface area contributed by atoms with Gasteiger partial charge in [0.2, 0.25) is 5.91 Å². The van der Waals surface area contributed by atoms with E-state index in [1.807, 2.05) is 61.5 Å². The predicted molar refractivity (Wildman–Crippen MR) is 129 cm³/mol. The first-order valence-corrected chi connectivity index (χ1v) is 11.2. The molecule has 5 N–H and O–H groups in total. The van der Waals surface area contributed by atoms with Crippen LogP contribution in [0, 0.1) is 0 Å². The largest absolute Gasteiger partial charge is 0.508 e. The van der Waals surface area contributed by atoms with E-state index < -0.39 is 6.10 Å². The van der Waals surface area contributed by atoms with E-state index in [-0.39, 0.29) is 24.3 Å². The van der Waals surface area contributed by atoms with Crippen molar-refractivity contribution in [2.24, 2.45) is 0 Å². The summed E-state index contributed by atoms with van der Waals surface area (Å²) in [6, 6.07) is 22.7. The summed E-state index contributed by atoms with van der Waals surface area (Å²) >= 11 is 0. The first kappa shape index (κ1) is 24.5. The van der Waals surface area contributed by atoms with Crippen molar-refractivity contribution in [2.45, 2.75) is 45.1 Å². The summed E-state index contributed by atoms with van der Waals surface area (Å²) in [4.78, 5) is 12.3. The molecule has 0 heterocycles. The Balaban J connectivity index is 1.47. The van der Waals surface area contributed by atoms with Crippen LogP contribution >= 0.6 is 0 Å². The van der Waals surface area contributed by atoms with Crippen LogP contribution in [-0.2, 0) is 30.8 Å². The van der Waals surface area contributed by atoms with E-state index in [0.29, 0.717) is 30.6 Å². The SMILES string of the molecule is CC(Cc1cccc(CC(=O)NCc2ccccc2)c1)NC[C@H](O)c1ccc(O)c(CO)c1. The lowest BCUT2D eigenvalue weighted by Crippen LogP contribution is -2.32. The van der Waals surface area contributed by atoms with Gasteiger partial charge in [0.15, 0.2) is 0 Å². The molecule has 174 valence electrons. The van der Waals surface area contributed by atoms with Crippen molar-refractivity contribution in [3.63, 3.8) is 0 Å². The molecular weight excluding hydrogens is 416 g/mol. The fourth-order valence-corrected chi connectivity index (χ4v) is 3.71. The quantitative estimate of drug-likeness (QED) is 0.310. The van der Waals surface area contributed by atoms with Crippen molar-refractivity contribution in [1.29, 1.82) is 0 Å². The summed E-state index contributed by atoms with van der Waals surface area (Å²) in [5, 5.41) is 35.7. The van der Waals surface area contributed by atoms with Crippen LogP contribution in [0.25, 0.3) is 0 Å². The molecule has 3 aromatic rings. The minimum atomic E-state index is -0.752. The molecule has 3 aromatic carbocycles. The van der Waals surface area contributed by atoms with Crippen LogP contribution in [0.1, 0.15) is 40.8 Å². The Morgan fingerprint density at radius 1 is 0.939 bits per heavy atom. The second kappa shape index (κ2) is 12.2. The molecule has 0 radical (unpaired) electrons. The van der Waals surface area contributed by atoms with E-state index in [0.717, 1.165) is 23.1 Å². The molecule has 1 unspecified atom stereocenters. The van der Waals surface area contributed by atoms with Gasteiger partial charge in [-0.25, -0.2) is 0 Å². The van der Waals surface area contributed by atoms with E-state index in [1.165, 1.54) is 6.07 Å². The van der Waals surface area contributed by atoms with Gasteiger partial charge < -0.3 is 26.0 Å². The van der Waals surface area contributed by atoms with E-state index in [9.17, 15) is 20.1 Å². The molecule has 3 rings (SSSR count). The monoisotopic (exact) mass is 448 g/mol. The molecule has 0 fully saturated rings. The number of carbonyl (C=O) groups is 1. The van der Waals surface area contributed by atoms with Crippen molar-refractivity contribution >= 4 is 5.91 Å². The molecule has 6 heteroatoms. The lowest BCUT2D eigenvalue weighted by Gasteiger charge is -2.18. The van der Waals surface area contributed by atoms with Crippen molar-refractivity contribution in [3.8, 4) is 5.75 Å². The summed E-state index contributed by atoms with van der Waals surface area (Å²) in [7, 11) is 0. The molecule has 6 nitrogen and oxygen atoms in total. The van der Waals surface area contributed by atoms with Gasteiger partial charge in [-0.3, -0.25) is 4.79 Å². The van der Waals surface area contributed by atoms with Gasteiger partial charge in [0.25, 0.3) is 0 Å². The number of hydrogen-bond acceptors (Lipinski definition) is 5. The highest BCUT2D eigenvalue weighted by molar-refractivity contribution is 5.78. The molecule has 0 aromatic heterocycles. The number of aromatic hydroxyl groups is 1. The third-order valence-corrected chi connectivity index (χ3v) is 5.55. The van der Waals surface area contributed by atoms with Gasteiger partial charge in [0.1, 0.15) is 5.75 Å². The van der Waals surface area contributed by atoms with Gasteiger partial charge in [-0.2, -0.15) is 0 Å². The second-order valence-corrected chi connectivity index (χ2v) is 8.33. The zero-order chi connectivity index (χ0) is 23.6. The molecule has 0 bridgehead atoms. The number of benzene rings is 3. The van der Waals surface area contributed by atoms with Gasteiger partial charge in [0.05, 0.1) is 19.1 Å². The third-order valence-electron chi connectivity index (χ3n) is 5.55. The molecule has 33 heavy (non-hydrogen) atoms. The molecular formula is C27H32N2O4. The van der Waals surface area contributed by atoms with E-state index in [4.69, 9.17) is 0 Å². The number of amides is 1. The van der Waals surface area contributed by atoms with Gasteiger partial charge in [-0.15, -0.1) is 0 Å². The van der Waals surface area contributed by atoms with Crippen molar-refractivity contribution in [2.75, 3.05) is 6.54 Å². The zero-order valence-corrected chi connectivity index (χ0v) is 18.9. The van der Waals surface area contributed by atoms with Crippen LogP contribution in [-0.4, -0.2) is 33.8 Å². The minimum Gasteiger partial charge on any atom is -0.508 e. The van der Waals surface area contributed by atoms with Crippen LogP contribution in [0.3, 0.4) is 0 Å². The fraction of sp³-hybridized carbons (Fsp3) is 0.296. The third kappa shape index (κ3) is 7.71. The van der Waals surface area contributed by atoms with Gasteiger partial charge in [-0.1, -0.05) is 60.7 Å². The van der Waals surface area contributed by atoms with Gasteiger partial charge >= 0.3 is 0 Å². The van der Waals surface area contributed by atoms with Gasteiger partial charge in [0, 0.05) is 24.7 Å². The topological polar surface area (TPSA) is 102 Å². The molecule has 0 saturated carbocycles. The van der Waals surface area contributed by atoms with Crippen LogP contribution < -0.4 is 10.6 Å². The first-order chi connectivity index (χ1) is 15.9.